The molecule has 2 N–H and O–H groups in total. The van der Waals surface area contributed by atoms with Crippen LogP contribution in [-0.2, 0) is 0 Å². The molecule has 1 rings (SSSR count). The molecule has 78 valence electrons. The summed E-state index contributed by atoms with van der Waals surface area (Å²) in [5, 5.41) is 12.4. The predicted molar refractivity (Wildman–Crippen MR) is 62.2 cm³/mol. The maximum atomic E-state index is 9.12. The van der Waals surface area contributed by atoms with E-state index in [1.807, 2.05) is 12.1 Å². The van der Waals surface area contributed by atoms with Crippen molar-refractivity contribution in [3.63, 3.8) is 0 Å². The Morgan fingerprint density at radius 3 is 2.36 bits per heavy atom. The van der Waals surface area contributed by atoms with Crippen LogP contribution in [0.1, 0.15) is 25.5 Å². The second kappa shape index (κ2) is 5.49. The number of nitrogens with one attached hydrogen (secondary N) is 1. The van der Waals surface area contributed by atoms with Crippen molar-refractivity contribution in [2.24, 2.45) is 0 Å². The molecule has 0 bridgehead atoms. The van der Waals surface area contributed by atoms with Gasteiger partial charge in [0.05, 0.1) is 6.10 Å². The van der Waals surface area contributed by atoms with Crippen molar-refractivity contribution in [2.45, 2.75) is 26.0 Å². The summed E-state index contributed by atoms with van der Waals surface area (Å²) in [6, 6.07) is 8.47. The van der Waals surface area contributed by atoms with Crippen LogP contribution in [0.15, 0.2) is 28.7 Å². The molecule has 2 nitrogen and oxygen atoms in total. The predicted octanol–water partition coefficient (Wildman–Crippen LogP) is 2.48. The number of rotatable bonds is 4. The Balaban J connectivity index is 2.52. The number of halogens is 1. The third-order valence-corrected chi connectivity index (χ3v) is 2.62. The zero-order valence-corrected chi connectivity index (χ0v) is 10.1. The van der Waals surface area contributed by atoms with Gasteiger partial charge in [0.15, 0.2) is 0 Å². The summed E-state index contributed by atoms with van der Waals surface area (Å²) in [6.07, 6.45) is -0.298. The van der Waals surface area contributed by atoms with E-state index in [9.17, 15) is 0 Å². The van der Waals surface area contributed by atoms with Crippen molar-refractivity contribution in [3.05, 3.63) is 34.3 Å². The standard InChI is InChI=1S/C11H16BrNO/c1-8(14)7-13-9(2)10-3-5-11(12)6-4-10/h3-6,8-9,13-14H,7H2,1-2H3/t8-,9-/m0/s1. The molecule has 0 aliphatic heterocycles. The lowest BCUT2D eigenvalue weighted by molar-refractivity contribution is 0.187. The molecule has 14 heavy (non-hydrogen) atoms. The molecule has 0 radical (unpaired) electrons. The van der Waals surface area contributed by atoms with Crippen LogP contribution < -0.4 is 5.32 Å². The van der Waals surface area contributed by atoms with Crippen LogP contribution in [0, 0.1) is 0 Å². The van der Waals surface area contributed by atoms with E-state index in [0.29, 0.717) is 6.54 Å². The summed E-state index contributed by atoms with van der Waals surface area (Å²) >= 11 is 3.40. The van der Waals surface area contributed by atoms with Crippen LogP contribution in [0.5, 0.6) is 0 Å². The lowest BCUT2D eigenvalue weighted by Crippen LogP contribution is -2.27. The summed E-state index contributed by atoms with van der Waals surface area (Å²) in [7, 11) is 0. The first-order valence-corrected chi connectivity index (χ1v) is 5.56. The third kappa shape index (κ3) is 3.78. The van der Waals surface area contributed by atoms with E-state index < -0.39 is 0 Å². The van der Waals surface area contributed by atoms with E-state index in [0.717, 1.165) is 4.47 Å². The second-order valence-electron chi connectivity index (χ2n) is 3.53. The Morgan fingerprint density at radius 2 is 1.86 bits per heavy atom. The highest BCUT2D eigenvalue weighted by Crippen LogP contribution is 2.16. The maximum Gasteiger partial charge on any atom is 0.0636 e. The molecule has 0 aliphatic rings. The minimum atomic E-state index is -0.298. The van der Waals surface area contributed by atoms with Gasteiger partial charge >= 0.3 is 0 Å². The molecule has 0 fully saturated rings. The van der Waals surface area contributed by atoms with Crippen molar-refractivity contribution >= 4 is 15.9 Å². The summed E-state index contributed by atoms with van der Waals surface area (Å²) in [6.45, 7) is 4.49. The highest BCUT2D eigenvalue weighted by Gasteiger charge is 2.05. The van der Waals surface area contributed by atoms with Gasteiger partial charge in [-0.25, -0.2) is 0 Å². The van der Waals surface area contributed by atoms with Gasteiger partial charge in [0.1, 0.15) is 0 Å². The van der Waals surface area contributed by atoms with Crippen LogP contribution in [-0.4, -0.2) is 17.8 Å². The van der Waals surface area contributed by atoms with E-state index in [1.165, 1.54) is 5.56 Å². The van der Waals surface area contributed by atoms with E-state index in [-0.39, 0.29) is 12.1 Å². The van der Waals surface area contributed by atoms with Crippen molar-refractivity contribution in [1.82, 2.24) is 5.32 Å². The van der Waals surface area contributed by atoms with Crippen LogP contribution in [0.2, 0.25) is 0 Å². The SMILES string of the molecule is C[C@H](O)CN[C@@H](C)c1ccc(Br)cc1. The minimum Gasteiger partial charge on any atom is -0.392 e. The lowest BCUT2D eigenvalue weighted by Gasteiger charge is -2.15. The third-order valence-electron chi connectivity index (χ3n) is 2.09. The van der Waals surface area contributed by atoms with E-state index in [2.05, 4.69) is 40.3 Å². The molecule has 1 aromatic rings. The number of hydrogen-bond donors (Lipinski definition) is 2. The van der Waals surface area contributed by atoms with Crippen LogP contribution >= 0.6 is 15.9 Å². The zero-order valence-electron chi connectivity index (χ0n) is 8.50. The van der Waals surface area contributed by atoms with Gasteiger partial charge in [0.25, 0.3) is 0 Å². The van der Waals surface area contributed by atoms with Gasteiger partial charge in [-0.1, -0.05) is 28.1 Å². The molecular formula is C11H16BrNO. The Kier molecular flexibility index (Phi) is 4.58. The first-order valence-electron chi connectivity index (χ1n) is 4.76. The highest BCUT2D eigenvalue weighted by atomic mass is 79.9. The van der Waals surface area contributed by atoms with Crippen molar-refractivity contribution in [2.75, 3.05) is 6.54 Å². The van der Waals surface area contributed by atoms with Crippen LogP contribution in [0.4, 0.5) is 0 Å². The monoisotopic (exact) mass is 257 g/mol. The Labute approximate surface area is 93.5 Å². The Hall–Kier alpha value is -0.380. The summed E-state index contributed by atoms with van der Waals surface area (Å²) in [5.74, 6) is 0. The molecule has 0 aromatic heterocycles. The number of aliphatic hydroxyl groups is 1. The number of hydrogen-bond acceptors (Lipinski definition) is 2. The van der Waals surface area contributed by atoms with E-state index >= 15 is 0 Å². The van der Waals surface area contributed by atoms with E-state index in [4.69, 9.17) is 5.11 Å². The largest absolute Gasteiger partial charge is 0.392 e. The Morgan fingerprint density at radius 1 is 1.29 bits per heavy atom. The average Bonchev–Trinajstić information content (AvgIpc) is 2.15. The van der Waals surface area contributed by atoms with Gasteiger partial charge in [-0.15, -0.1) is 0 Å². The molecule has 3 heteroatoms. The topological polar surface area (TPSA) is 32.3 Å². The van der Waals surface area contributed by atoms with Gasteiger partial charge in [0.2, 0.25) is 0 Å². The molecule has 0 heterocycles. The van der Waals surface area contributed by atoms with E-state index in [1.54, 1.807) is 6.92 Å². The fourth-order valence-electron chi connectivity index (χ4n) is 1.22. The molecule has 0 saturated heterocycles. The van der Waals surface area contributed by atoms with Gasteiger partial charge < -0.3 is 10.4 Å². The number of benzene rings is 1. The fourth-order valence-corrected chi connectivity index (χ4v) is 1.48. The smallest absolute Gasteiger partial charge is 0.0636 e. The highest BCUT2D eigenvalue weighted by molar-refractivity contribution is 9.10. The van der Waals surface area contributed by atoms with Crippen LogP contribution in [0.3, 0.4) is 0 Å². The summed E-state index contributed by atoms with van der Waals surface area (Å²) < 4.78 is 1.09. The quantitative estimate of drug-likeness (QED) is 0.869. The molecular weight excluding hydrogens is 242 g/mol. The van der Waals surface area contributed by atoms with Gasteiger partial charge in [-0.3, -0.25) is 0 Å². The average molecular weight is 258 g/mol. The first kappa shape index (κ1) is 11.7. The molecule has 0 amide bonds. The van der Waals surface area contributed by atoms with Crippen LogP contribution in [0.25, 0.3) is 0 Å². The second-order valence-corrected chi connectivity index (χ2v) is 4.45. The molecule has 2 atom stereocenters. The normalized spacial score (nSPS) is 15.1. The molecule has 0 unspecified atom stereocenters. The minimum absolute atomic E-state index is 0.276. The fraction of sp³-hybridized carbons (Fsp3) is 0.455. The van der Waals surface area contributed by atoms with Gasteiger partial charge in [-0.05, 0) is 31.5 Å². The summed E-state index contributed by atoms with van der Waals surface area (Å²) in [5.41, 5.74) is 1.23. The molecule has 0 spiro atoms. The molecule has 1 aromatic carbocycles. The lowest BCUT2D eigenvalue weighted by atomic mass is 10.1. The summed E-state index contributed by atoms with van der Waals surface area (Å²) in [4.78, 5) is 0. The molecule has 0 aliphatic carbocycles. The molecule has 0 saturated carbocycles. The zero-order chi connectivity index (χ0) is 10.6. The maximum absolute atomic E-state index is 9.12. The first-order chi connectivity index (χ1) is 6.59. The van der Waals surface area contributed by atoms with Crippen molar-refractivity contribution < 1.29 is 5.11 Å². The Bertz CT molecular complexity index is 271. The van der Waals surface area contributed by atoms with Gasteiger partial charge in [0, 0.05) is 17.1 Å². The van der Waals surface area contributed by atoms with Crippen molar-refractivity contribution in [1.29, 1.82) is 0 Å². The number of aliphatic hydroxyl groups excluding tert-OH is 1. The van der Waals surface area contributed by atoms with Crippen molar-refractivity contribution in [3.8, 4) is 0 Å². The van der Waals surface area contributed by atoms with Gasteiger partial charge in [-0.2, -0.15) is 0 Å².